The van der Waals surface area contributed by atoms with Crippen molar-refractivity contribution in [2.75, 3.05) is 13.1 Å². The third kappa shape index (κ3) is 2.42. The number of amides is 2. The number of nitrogens with zero attached hydrogens (tertiary/aromatic N) is 3. The summed E-state index contributed by atoms with van der Waals surface area (Å²) in [5, 5.41) is 2.93. The predicted octanol–water partition coefficient (Wildman–Crippen LogP) is 0.544. The highest BCUT2D eigenvalue weighted by atomic mass is 16.2. The van der Waals surface area contributed by atoms with E-state index in [-0.39, 0.29) is 18.4 Å². The first-order chi connectivity index (χ1) is 9.70. The Morgan fingerprint density at radius 3 is 2.75 bits per heavy atom. The lowest BCUT2D eigenvalue weighted by atomic mass is 9.93. The Kier molecular flexibility index (Phi) is 3.46. The molecule has 1 aromatic heterocycles. The van der Waals surface area contributed by atoms with Crippen LogP contribution in [0.2, 0.25) is 0 Å². The van der Waals surface area contributed by atoms with Crippen molar-refractivity contribution in [3.8, 4) is 0 Å². The number of piperazine rings is 1. The lowest BCUT2D eigenvalue weighted by Gasteiger charge is -2.39. The smallest absolute Gasteiger partial charge is 0.248 e. The lowest BCUT2D eigenvalue weighted by Crippen LogP contribution is -2.65. The molecule has 1 aliphatic carbocycles. The summed E-state index contributed by atoms with van der Waals surface area (Å²) in [4.78, 5) is 30.1. The van der Waals surface area contributed by atoms with Gasteiger partial charge in [-0.15, -0.1) is 0 Å². The Morgan fingerprint density at radius 1 is 1.25 bits per heavy atom. The van der Waals surface area contributed by atoms with Gasteiger partial charge in [0.15, 0.2) is 0 Å². The van der Waals surface area contributed by atoms with E-state index in [4.69, 9.17) is 0 Å². The maximum absolute atomic E-state index is 12.6. The summed E-state index contributed by atoms with van der Waals surface area (Å²) in [7, 11) is 0. The zero-order valence-electron chi connectivity index (χ0n) is 11.5. The summed E-state index contributed by atoms with van der Waals surface area (Å²) in [6.07, 6.45) is 9.87. The molecule has 0 atom stereocenters. The van der Waals surface area contributed by atoms with E-state index in [1.807, 2.05) is 10.8 Å². The molecule has 3 rings (SSSR count). The molecule has 108 valence electrons. The second-order valence-corrected chi connectivity index (χ2v) is 5.72. The molecule has 2 fully saturated rings. The Bertz CT molecular complexity index is 491. The van der Waals surface area contributed by atoms with Gasteiger partial charge < -0.3 is 14.8 Å². The molecule has 1 saturated carbocycles. The molecule has 1 spiro atoms. The number of aryl methyl sites for hydroxylation is 1. The molecule has 1 aliphatic heterocycles. The zero-order valence-corrected chi connectivity index (χ0v) is 11.5. The second-order valence-electron chi connectivity index (χ2n) is 5.72. The standard InChI is InChI=1S/C14H20N4O2/c19-12-10-18(8-3-7-17-9-6-15-11-17)13(20)14(16-12)4-1-2-5-14/h6,9,11H,1-5,7-8,10H2,(H,16,19). The molecule has 6 nitrogen and oxygen atoms in total. The molecule has 0 unspecified atom stereocenters. The second kappa shape index (κ2) is 5.26. The van der Waals surface area contributed by atoms with Crippen LogP contribution < -0.4 is 5.32 Å². The van der Waals surface area contributed by atoms with Crippen molar-refractivity contribution in [2.45, 2.75) is 44.2 Å². The van der Waals surface area contributed by atoms with E-state index < -0.39 is 5.54 Å². The summed E-state index contributed by atoms with van der Waals surface area (Å²) in [6, 6.07) is 0. The van der Waals surface area contributed by atoms with Gasteiger partial charge in [-0.1, -0.05) is 12.8 Å². The largest absolute Gasteiger partial charge is 0.340 e. The van der Waals surface area contributed by atoms with Crippen molar-refractivity contribution >= 4 is 11.8 Å². The van der Waals surface area contributed by atoms with Crippen LogP contribution in [-0.4, -0.2) is 44.9 Å². The summed E-state index contributed by atoms with van der Waals surface area (Å²) >= 11 is 0. The van der Waals surface area contributed by atoms with E-state index in [0.717, 1.165) is 38.6 Å². The lowest BCUT2D eigenvalue weighted by molar-refractivity contribution is -0.149. The minimum absolute atomic E-state index is 0.0193. The van der Waals surface area contributed by atoms with Gasteiger partial charge in [0.05, 0.1) is 12.9 Å². The third-order valence-electron chi connectivity index (χ3n) is 4.27. The van der Waals surface area contributed by atoms with Crippen molar-refractivity contribution in [1.82, 2.24) is 19.8 Å². The van der Waals surface area contributed by atoms with Crippen molar-refractivity contribution in [2.24, 2.45) is 0 Å². The average Bonchev–Trinajstić information content (AvgIpc) is 3.07. The topological polar surface area (TPSA) is 67.2 Å². The summed E-state index contributed by atoms with van der Waals surface area (Å²) < 4.78 is 1.99. The number of aromatic nitrogens is 2. The first-order valence-electron chi connectivity index (χ1n) is 7.26. The van der Waals surface area contributed by atoms with E-state index >= 15 is 0 Å². The highest BCUT2D eigenvalue weighted by molar-refractivity contribution is 5.98. The van der Waals surface area contributed by atoms with Crippen LogP contribution in [0.25, 0.3) is 0 Å². The van der Waals surface area contributed by atoms with Crippen LogP contribution >= 0.6 is 0 Å². The fraction of sp³-hybridized carbons (Fsp3) is 0.643. The molecular weight excluding hydrogens is 256 g/mol. The SMILES string of the molecule is O=C1CN(CCCn2ccnc2)C(=O)C2(CCCC2)N1. The molecule has 0 bridgehead atoms. The van der Waals surface area contributed by atoms with Crippen molar-refractivity contribution in [1.29, 1.82) is 0 Å². The predicted molar refractivity (Wildman–Crippen MR) is 72.8 cm³/mol. The van der Waals surface area contributed by atoms with Gasteiger partial charge in [0.2, 0.25) is 11.8 Å². The van der Waals surface area contributed by atoms with E-state index in [1.165, 1.54) is 0 Å². The summed E-state index contributed by atoms with van der Waals surface area (Å²) in [5.41, 5.74) is -0.593. The molecule has 20 heavy (non-hydrogen) atoms. The number of hydrogen-bond donors (Lipinski definition) is 1. The maximum Gasteiger partial charge on any atom is 0.248 e. The molecule has 1 N–H and O–H groups in total. The van der Waals surface area contributed by atoms with Crippen LogP contribution in [-0.2, 0) is 16.1 Å². The van der Waals surface area contributed by atoms with Crippen LogP contribution in [0.1, 0.15) is 32.1 Å². The minimum Gasteiger partial charge on any atom is -0.340 e. The van der Waals surface area contributed by atoms with E-state index in [2.05, 4.69) is 10.3 Å². The van der Waals surface area contributed by atoms with Crippen LogP contribution in [0.15, 0.2) is 18.7 Å². The first-order valence-corrected chi connectivity index (χ1v) is 7.26. The van der Waals surface area contributed by atoms with E-state index in [9.17, 15) is 9.59 Å². The Balaban J connectivity index is 1.60. The Labute approximate surface area is 118 Å². The van der Waals surface area contributed by atoms with Gasteiger partial charge in [0.1, 0.15) is 5.54 Å². The fourth-order valence-corrected chi connectivity index (χ4v) is 3.27. The number of hydrogen-bond acceptors (Lipinski definition) is 3. The molecule has 2 aliphatic rings. The molecule has 1 saturated heterocycles. The van der Waals surface area contributed by atoms with Crippen molar-refractivity contribution in [3.05, 3.63) is 18.7 Å². The van der Waals surface area contributed by atoms with Gasteiger partial charge in [-0.25, -0.2) is 4.98 Å². The van der Waals surface area contributed by atoms with Gasteiger partial charge in [0, 0.05) is 25.5 Å². The number of imidazole rings is 1. The summed E-state index contributed by atoms with van der Waals surface area (Å²) in [5.74, 6) is 0.0920. The van der Waals surface area contributed by atoms with E-state index in [1.54, 1.807) is 17.4 Å². The number of nitrogens with one attached hydrogen (secondary N) is 1. The van der Waals surface area contributed by atoms with Gasteiger partial charge >= 0.3 is 0 Å². The quantitative estimate of drug-likeness (QED) is 0.873. The normalized spacial score (nSPS) is 21.5. The molecular formula is C14H20N4O2. The highest BCUT2D eigenvalue weighted by Crippen LogP contribution is 2.33. The van der Waals surface area contributed by atoms with Gasteiger partial charge in [-0.3, -0.25) is 9.59 Å². The van der Waals surface area contributed by atoms with Crippen LogP contribution in [0, 0.1) is 0 Å². The van der Waals surface area contributed by atoms with Crippen LogP contribution in [0.5, 0.6) is 0 Å². The average molecular weight is 276 g/mol. The van der Waals surface area contributed by atoms with Crippen LogP contribution in [0.4, 0.5) is 0 Å². The third-order valence-corrected chi connectivity index (χ3v) is 4.27. The molecule has 2 amide bonds. The van der Waals surface area contributed by atoms with Crippen molar-refractivity contribution < 1.29 is 9.59 Å². The molecule has 1 aromatic rings. The zero-order chi connectivity index (χ0) is 14.0. The van der Waals surface area contributed by atoms with Crippen molar-refractivity contribution in [3.63, 3.8) is 0 Å². The number of carbonyl (C=O) groups excluding carboxylic acids is 2. The Morgan fingerprint density at radius 2 is 2.05 bits per heavy atom. The van der Waals surface area contributed by atoms with Crippen LogP contribution in [0.3, 0.4) is 0 Å². The monoisotopic (exact) mass is 276 g/mol. The first kappa shape index (κ1) is 13.1. The fourth-order valence-electron chi connectivity index (χ4n) is 3.27. The highest BCUT2D eigenvalue weighted by Gasteiger charge is 2.47. The number of carbonyl (C=O) groups is 2. The van der Waals surface area contributed by atoms with E-state index in [0.29, 0.717) is 6.54 Å². The maximum atomic E-state index is 12.6. The molecule has 6 heteroatoms. The Hall–Kier alpha value is -1.85. The van der Waals surface area contributed by atoms with Gasteiger partial charge in [0.25, 0.3) is 0 Å². The van der Waals surface area contributed by atoms with Gasteiger partial charge in [-0.05, 0) is 19.3 Å². The summed E-state index contributed by atoms with van der Waals surface area (Å²) in [6.45, 7) is 1.65. The minimum atomic E-state index is -0.593. The molecule has 0 radical (unpaired) electrons. The molecule has 0 aromatic carbocycles. The van der Waals surface area contributed by atoms with Gasteiger partial charge in [-0.2, -0.15) is 0 Å². The number of rotatable bonds is 4. The molecule has 2 heterocycles.